The largest absolute Gasteiger partial charge is 0.320 e. The second kappa shape index (κ2) is 6.09. The van der Waals surface area contributed by atoms with Crippen molar-refractivity contribution in [1.82, 2.24) is 9.78 Å². The molecule has 5 nitrogen and oxygen atoms in total. The highest BCUT2D eigenvalue weighted by atomic mass is 35.5. The molecule has 2 aromatic carbocycles. The number of aryl methyl sites for hydroxylation is 3. The van der Waals surface area contributed by atoms with Gasteiger partial charge in [0.25, 0.3) is 5.91 Å². The number of amides is 1. The monoisotopic (exact) mass is 341 g/mol. The molecule has 0 spiro atoms. The van der Waals surface area contributed by atoms with E-state index in [2.05, 4.69) is 10.4 Å². The number of rotatable bonds is 2. The molecule has 0 radical (unpaired) electrons. The van der Waals surface area contributed by atoms with Crippen LogP contribution < -0.4 is 10.7 Å². The molecule has 3 aromatic rings. The first kappa shape index (κ1) is 16.2. The maximum Gasteiger partial charge on any atom is 0.280 e. The molecule has 0 unspecified atom stereocenters. The summed E-state index contributed by atoms with van der Waals surface area (Å²) < 4.78 is 1.51. The first-order valence-corrected chi connectivity index (χ1v) is 7.80. The van der Waals surface area contributed by atoms with Gasteiger partial charge < -0.3 is 5.32 Å². The molecule has 1 heterocycles. The van der Waals surface area contributed by atoms with Crippen LogP contribution in [-0.2, 0) is 7.05 Å². The van der Waals surface area contributed by atoms with Gasteiger partial charge in [-0.05, 0) is 49.2 Å². The van der Waals surface area contributed by atoms with Crippen molar-refractivity contribution in [1.29, 1.82) is 0 Å². The van der Waals surface area contributed by atoms with Crippen molar-refractivity contribution in [3.63, 3.8) is 0 Å². The predicted octanol–water partition coefficient (Wildman–Crippen LogP) is 3.46. The Morgan fingerprint density at radius 3 is 2.67 bits per heavy atom. The van der Waals surface area contributed by atoms with Gasteiger partial charge >= 0.3 is 0 Å². The van der Waals surface area contributed by atoms with Crippen molar-refractivity contribution in [2.45, 2.75) is 13.8 Å². The highest BCUT2D eigenvalue weighted by molar-refractivity contribution is 6.31. The van der Waals surface area contributed by atoms with Crippen molar-refractivity contribution in [3.8, 4) is 0 Å². The fraction of sp³-hybridized carbons (Fsp3) is 0.167. The molecule has 0 saturated carbocycles. The lowest BCUT2D eigenvalue weighted by atomic mass is 10.1. The number of fused-ring (bicyclic) bond motifs is 1. The number of halogens is 1. The van der Waals surface area contributed by atoms with Gasteiger partial charge in [0, 0.05) is 17.8 Å². The van der Waals surface area contributed by atoms with E-state index in [1.54, 1.807) is 25.2 Å². The van der Waals surface area contributed by atoms with Crippen molar-refractivity contribution >= 4 is 34.1 Å². The molecule has 1 N–H and O–H groups in total. The Bertz CT molecular complexity index is 1020. The van der Waals surface area contributed by atoms with Crippen molar-refractivity contribution in [2.75, 3.05) is 5.32 Å². The van der Waals surface area contributed by atoms with Crippen molar-refractivity contribution in [2.24, 2.45) is 7.05 Å². The molecule has 0 aliphatic carbocycles. The molecule has 24 heavy (non-hydrogen) atoms. The van der Waals surface area contributed by atoms with Gasteiger partial charge in [0.2, 0.25) is 5.43 Å². The average Bonchev–Trinajstić information content (AvgIpc) is 2.54. The van der Waals surface area contributed by atoms with Crippen LogP contribution in [0.3, 0.4) is 0 Å². The van der Waals surface area contributed by atoms with E-state index in [4.69, 9.17) is 11.6 Å². The molecular formula is C18H16ClN3O2. The number of nitrogens with zero attached hydrogens (tertiary/aromatic N) is 2. The van der Waals surface area contributed by atoms with E-state index in [1.165, 1.54) is 4.68 Å². The van der Waals surface area contributed by atoms with Crippen LogP contribution in [0.25, 0.3) is 10.9 Å². The Morgan fingerprint density at radius 1 is 1.17 bits per heavy atom. The second-order valence-electron chi connectivity index (χ2n) is 5.74. The van der Waals surface area contributed by atoms with Gasteiger partial charge in [-0.15, -0.1) is 0 Å². The van der Waals surface area contributed by atoms with Gasteiger partial charge in [-0.3, -0.25) is 14.3 Å². The van der Waals surface area contributed by atoms with Gasteiger partial charge in [0.1, 0.15) is 0 Å². The number of nitrogens with one attached hydrogen (secondary N) is 1. The number of hydrogen-bond donors (Lipinski definition) is 1. The van der Waals surface area contributed by atoms with Crippen LogP contribution in [0.2, 0.25) is 5.02 Å². The number of benzene rings is 2. The molecule has 3 rings (SSSR count). The summed E-state index contributed by atoms with van der Waals surface area (Å²) in [6.45, 7) is 3.82. The quantitative estimate of drug-likeness (QED) is 0.776. The fourth-order valence-electron chi connectivity index (χ4n) is 2.55. The van der Waals surface area contributed by atoms with E-state index >= 15 is 0 Å². The topological polar surface area (TPSA) is 64.0 Å². The Balaban J connectivity index is 2.09. The zero-order valence-corrected chi connectivity index (χ0v) is 14.3. The molecule has 0 bridgehead atoms. The van der Waals surface area contributed by atoms with E-state index in [9.17, 15) is 9.59 Å². The van der Waals surface area contributed by atoms with Crippen molar-refractivity contribution in [3.05, 3.63) is 68.5 Å². The molecule has 122 valence electrons. The summed E-state index contributed by atoms with van der Waals surface area (Å²) in [5.74, 6) is -0.536. The van der Waals surface area contributed by atoms with E-state index in [-0.39, 0.29) is 5.69 Å². The molecule has 0 aliphatic heterocycles. The first-order chi connectivity index (χ1) is 11.4. The molecule has 0 atom stereocenters. The standard InChI is InChI=1S/C18H16ClN3O2/c1-10-4-5-11(2)14(8-10)20-18(24)16-17(23)13-9-12(19)6-7-15(13)22(3)21-16/h4-9H,1-3H3,(H,20,24). The predicted molar refractivity (Wildman–Crippen MR) is 95.9 cm³/mol. The molecule has 0 fully saturated rings. The number of anilines is 1. The Kier molecular flexibility index (Phi) is 4.11. The minimum Gasteiger partial charge on any atom is -0.320 e. The Labute approximate surface area is 143 Å². The molecule has 0 aliphatic rings. The van der Waals surface area contributed by atoms with Crippen LogP contribution in [0.5, 0.6) is 0 Å². The van der Waals surface area contributed by atoms with Crippen LogP contribution in [-0.4, -0.2) is 15.7 Å². The third-order valence-corrected chi connectivity index (χ3v) is 4.11. The lowest BCUT2D eigenvalue weighted by Gasteiger charge is -2.11. The SMILES string of the molecule is Cc1ccc(C)c(NC(=O)c2nn(C)c3ccc(Cl)cc3c2=O)c1. The van der Waals surface area contributed by atoms with Crippen LogP contribution in [0, 0.1) is 13.8 Å². The van der Waals surface area contributed by atoms with E-state index in [0.29, 0.717) is 21.6 Å². The molecule has 1 amide bonds. The molecule has 6 heteroatoms. The zero-order chi connectivity index (χ0) is 17.4. The highest BCUT2D eigenvalue weighted by Crippen LogP contribution is 2.18. The zero-order valence-electron chi connectivity index (χ0n) is 13.6. The second-order valence-corrected chi connectivity index (χ2v) is 6.17. The van der Waals surface area contributed by atoms with E-state index in [0.717, 1.165) is 11.1 Å². The summed E-state index contributed by atoms with van der Waals surface area (Å²) in [6, 6.07) is 10.7. The fourth-order valence-corrected chi connectivity index (χ4v) is 2.72. The summed E-state index contributed by atoms with van der Waals surface area (Å²) in [6.07, 6.45) is 0. The number of hydrogen-bond acceptors (Lipinski definition) is 3. The van der Waals surface area contributed by atoms with E-state index < -0.39 is 11.3 Å². The maximum absolute atomic E-state index is 12.6. The Hall–Kier alpha value is -2.66. The van der Waals surface area contributed by atoms with Gasteiger partial charge in [-0.1, -0.05) is 23.7 Å². The molecule has 1 aromatic heterocycles. The lowest BCUT2D eigenvalue weighted by molar-refractivity contribution is 0.101. The summed E-state index contributed by atoms with van der Waals surface area (Å²) in [7, 11) is 1.68. The summed E-state index contributed by atoms with van der Waals surface area (Å²) >= 11 is 5.97. The molecule has 0 saturated heterocycles. The van der Waals surface area contributed by atoms with Crippen LogP contribution in [0.1, 0.15) is 21.6 Å². The minimum atomic E-state index is -0.536. The minimum absolute atomic E-state index is 0.159. The summed E-state index contributed by atoms with van der Waals surface area (Å²) in [5, 5.41) is 7.70. The van der Waals surface area contributed by atoms with Gasteiger partial charge in [0.05, 0.1) is 10.9 Å². The summed E-state index contributed by atoms with van der Waals surface area (Å²) in [4.78, 5) is 25.2. The van der Waals surface area contributed by atoms with Crippen LogP contribution >= 0.6 is 11.6 Å². The number of aromatic nitrogens is 2. The maximum atomic E-state index is 12.6. The van der Waals surface area contributed by atoms with Crippen LogP contribution in [0.4, 0.5) is 5.69 Å². The van der Waals surface area contributed by atoms with Crippen molar-refractivity contribution < 1.29 is 4.79 Å². The third kappa shape index (κ3) is 2.90. The van der Waals surface area contributed by atoms with Gasteiger partial charge in [-0.25, -0.2) is 0 Å². The molecular weight excluding hydrogens is 326 g/mol. The average molecular weight is 342 g/mol. The highest BCUT2D eigenvalue weighted by Gasteiger charge is 2.17. The lowest BCUT2D eigenvalue weighted by Crippen LogP contribution is -2.26. The smallest absolute Gasteiger partial charge is 0.280 e. The van der Waals surface area contributed by atoms with E-state index in [1.807, 2.05) is 32.0 Å². The Morgan fingerprint density at radius 2 is 1.92 bits per heavy atom. The van der Waals surface area contributed by atoms with Crippen LogP contribution in [0.15, 0.2) is 41.2 Å². The summed E-state index contributed by atoms with van der Waals surface area (Å²) in [5.41, 5.74) is 2.61. The number of carbonyl (C=O) groups is 1. The van der Waals surface area contributed by atoms with Gasteiger partial charge in [0.15, 0.2) is 5.69 Å². The number of carbonyl (C=O) groups excluding carboxylic acids is 1. The third-order valence-electron chi connectivity index (χ3n) is 3.87. The van der Waals surface area contributed by atoms with Gasteiger partial charge in [-0.2, -0.15) is 5.10 Å². The first-order valence-electron chi connectivity index (χ1n) is 7.42. The normalized spacial score (nSPS) is 10.8.